The number of anilines is 1. The van der Waals surface area contributed by atoms with Crippen molar-refractivity contribution in [2.45, 2.75) is 32.2 Å². The number of amides is 2. The van der Waals surface area contributed by atoms with Crippen molar-refractivity contribution in [3.63, 3.8) is 0 Å². The van der Waals surface area contributed by atoms with Crippen LogP contribution in [0.4, 0.5) is 10.5 Å². The van der Waals surface area contributed by atoms with E-state index in [4.69, 9.17) is 9.26 Å². The molecule has 1 fully saturated rings. The van der Waals surface area contributed by atoms with Crippen LogP contribution in [0, 0.1) is 6.92 Å². The molecule has 1 aliphatic heterocycles. The fourth-order valence-electron chi connectivity index (χ4n) is 3.45. The first kappa shape index (κ1) is 19.0. The van der Waals surface area contributed by atoms with Gasteiger partial charge in [-0.1, -0.05) is 35.5 Å². The summed E-state index contributed by atoms with van der Waals surface area (Å²) in [5.74, 6) is 1.90. The summed E-state index contributed by atoms with van der Waals surface area (Å²) in [5, 5.41) is 6.99. The van der Waals surface area contributed by atoms with Crippen molar-refractivity contribution in [2.75, 3.05) is 18.5 Å². The van der Waals surface area contributed by atoms with Crippen LogP contribution in [0.25, 0.3) is 0 Å². The predicted octanol–water partition coefficient (Wildman–Crippen LogP) is 4.37. The van der Waals surface area contributed by atoms with Crippen LogP contribution in [-0.2, 0) is 6.42 Å². The van der Waals surface area contributed by atoms with Crippen molar-refractivity contribution in [1.82, 2.24) is 15.0 Å². The smallest absolute Gasteiger partial charge is 0.322 e. The average molecular weight is 392 g/mol. The SMILES string of the molecule is Cc1cccc(OCCc2noc(C3CCCN3C(=O)Nc3ccccc3)n2)c1. The quantitative estimate of drug-likeness (QED) is 0.674. The minimum absolute atomic E-state index is 0.152. The van der Waals surface area contributed by atoms with Crippen LogP contribution >= 0.6 is 0 Å². The number of hydrogen-bond donors (Lipinski definition) is 1. The molecule has 0 radical (unpaired) electrons. The Kier molecular flexibility index (Phi) is 5.74. The summed E-state index contributed by atoms with van der Waals surface area (Å²) in [6.45, 7) is 3.16. The third-order valence-electron chi connectivity index (χ3n) is 4.89. The summed E-state index contributed by atoms with van der Waals surface area (Å²) in [7, 11) is 0. The number of aromatic nitrogens is 2. The van der Waals surface area contributed by atoms with Gasteiger partial charge in [0.05, 0.1) is 6.61 Å². The normalized spacial score (nSPS) is 16.0. The lowest BCUT2D eigenvalue weighted by Gasteiger charge is -2.22. The van der Waals surface area contributed by atoms with Crippen molar-refractivity contribution >= 4 is 11.7 Å². The Bertz CT molecular complexity index is 957. The first-order valence-electron chi connectivity index (χ1n) is 9.84. The number of carbonyl (C=O) groups is 1. The Morgan fingerprint density at radius 2 is 2.10 bits per heavy atom. The van der Waals surface area contributed by atoms with Gasteiger partial charge < -0.3 is 19.5 Å². The Balaban J connectivity index is 1.34. The van der Waals surface area contributed by atoms with Gasteiger partial charge in [-0.25, -0.2) is 4.79 Å². The molecule has 150 valence electrons. The zero-order chi connectivity index (χ0) is 20.1. The number of carbonyl (C=O) groups excluding carboxylic acids is 1. The number of aryl methyl sites for hydroxylation is 1. The Labute approximate surface area is 169 Å². The van der Waals surface area contributed by atoms with Gasteiger partial charge >= 0.3 is 6.03 Å². The maximum Gasteiger partial charge on any atom is 0.322 e. The number of para-hydroxylation sites is 1. The van der Waals surface area contributed by atoms with Gasteiger partial charge in [0, 0.05) is 18.7 Å². The molecule has 7 heteroatoms. The molecular weight excluding hydrogens is 368 g/mol. The molecule has 1 unspecified atom stereocenters. The van der Waals surface area contributed by atoms with Gasteiger partial charge in [0.1, 0.15) is 11.8 Å². The molecule has 4 rings (SSSR count). The van der Waals surface area contributed by atoms with Crippen LogP contribution in [0.2, 0.25) is 0 Å². The fourth-order valence-corrected chi connectivity index (χ4v) is 3.45. The largest absolute Gasteiger partial charge is 0.493 e. The van der Waals surface area contributed by atoms with Crippen LogP contribution in [0.15, 0.2) is 59.1 Å². The summed E-state index contributed by atoms with van der Waals surface area (Å²) in [6.07, 6.45) is 2.26. The van der Waals surface area contributed by atoms with E-state index in [1.807, 2.05) is 61.5 Å². The maximum absolute atomic E-state index is 12.7. The maximum atomic E-state index is 12.7. The van der Waals surface area contributed by atoms with Crippen LogP contribution < -0.4 is 10.1 Å². The highest BCUT2D eigenvalue weighted by Crippen LogP contribution is 2.31. The van der Waals surface area contributed by atoms with Gasteiger partial charge in [-0.3, -0.25) is 0 Å². The van der Waals surface area contributed by atoms with E-state index in [0.29, 0.717) is 31.3 Å². The van der Waals surface area contributed by atoms with Crippen molar-refractivity contribution in [3.05, 3.63) is 71.9 Å². The van der Waals surface area contributed by atoms with E-state index in [9.17, 15) is 4.79 Å². The predicted molar refractivity (Wildman–Crippen MR) is 109 cm³/mol. The van der Waals surface area contributed by atoms with Gasteiger partial charge in [0.15, 0.2) is 5.82 Å². The Morgan fingerprint density at radius 1 is 1.24 bits per heavy atom. The number of nitrogens with zero attached hydrogens (tertiary/aromatic N) is 3. The molecule has 2 aromatic carbocycles. The van der Waals surface area contributed by atoms with E-state index in [0.717, 1.165) is 29.8 Å². The standard InChI is InChI=1S/C22H24N4O3/c1-16-7-5-10-18(15-16)28-14-12-20-24-21(29-25-20)19-11-6-13-26(19)22(27)23-17-8-3-2-4-9-17/h2-5,7-10,15,19H,6,11-14H2,1H3,(H,23,27). The fraction of sp³-hybridized carbons (Fsp3) is 0.318. The molecule has 2 heterocycles. The lowest BCUT2D eigenvalue weighted by Crippen LogP contribution is -2.34. The molecule has 1 aromatic heterocycles. The van der Waals surface area contributed by atoms with Crippen LogP contribution in [0.1, 0.15) is 36.2 Å². The minimum Gasteiger partial charge on any atom is -0.493 e. The highest BCUT2D eigenvalue weighted by atomic mass is 16.5. The van der Waals surface area contributed by atoms with Crippen molar-refractivity contribution in [2.24, 2.45) is 0 Å². The summed E-state index contributed by atoms with van der Waals surface area (Å²) < 4.78 is 11.2. The van der Waals surface area contributed by atoms with Crippen molar-refractivity contribution in [1.29, 1.82) is 0 Å². The van der Waals surface area contributed by atoms with Gasteiger partial charge in [0.25, 0.3) is 0 Å². The molecular formula is C22H24N4O3. The van der Waals surface area contributed by atoms with Gasteiger partial charge in [-0.05, 0) is 49.6 Å². The second-order valence-corrected chi connectivity index (χ2v) is 7.11. The molecule has 1 saturated heterocycles. The first-order valence-corrected chi connectivity index (χ1v) is 9.84. The summed E-state index contributed by atoms with van der Waals surface area (Å²) in [5.41, 5.74) is 1.92. The number of benzene rings is 2. The summed E-state index contributed by atoms with van der Waals surface area (Å²) >= 11 is 0. The van der Waals surface area contributed by atoms with E-state index in [-0.39, 0.29) is 12.1 Å². The first-order chi connectivity index (χ1) is 14.2. The third-order valence-corrected chi connectivity index (χ3v) is 4.89. The van der Waals surface area contributed by atoms with Crippen LogP contribution in [-0.4, -0.2) is 34.2 Å². The van der Waals surface area contributed by atoms with E-state index in [1.165, 1.54) is 0 Å². The molecule has 0 bridgehead atoms. The zero-order valence-corrected chi connectivity index (χ0v) is 16.4. The van der Waals surface area contributed by atoms with Crippen LogP contribution in [0.3, 0.4) is 0 Å². The second-order valence-electron chi connectivity index (χ2n) is 7.11. The van der Waals surface area contributed by atoms with Gasteiger partial charge in [-0.2, -0.15) is 4.98 Å². The minimum atomic E-state index is -0.197. The Morgan fingerprint density at radius 3 is 2.93 bits per heavy atom. The highest BCUT2D eigenvalue weighted by Gasteiger charge is 2.34. The van der Waals surface area contributed by atoms with E-state index in [1.54, 1.807) is 4.90 Å². The summed E-state index contributed by atoms with van der Waals surface area (Å²) in [6, 6.07) is 17.0. The molecule has 29 heavy (non-hydrogen) atoms. The number of likely N-dealkylation sites (tertiary alicyclic amines) is 1. The molecule has 1 atom stereocenters. The molecule has 2 amide bonds. The van der Waals surface area contributed by atoms with E-state index < -0.39 is 0 Å². The molecule has 0 spiro atoms. The van der Waals surface area contributed by atoms with Gasteiger partial charge in [0.2, 0.25) is 5.89 Å². The monoisotopic (exact) mass is 392 g/mol. The lowest BCUT2D eigenvalue weighted by molar-refractivity contribution is 0.193. The summed E-state index contributed by atoms with van der Waals surface area (Å²) in [4.78, 5) is 18.9. The lowest BCUT2D eigenvalue weighted by atomic mass is 10.2. The highest BCUT2D eigenvalue weighted by molar-refractivity contribution is 5.89. The average Bonchev–Trinajstić information content (AvgIpc) is 3.38. The number of hydrogen-bond acceptors (Lipinski definition) is 5. The molecule has 0 aliphatic carbocycles. The Hall–Kier alpha value is -3.35. The van der Waals surface area contributed by atoms with Crippen molar-refractivity contribution < 1.29 is 14.1 Å². The van der Waals surface area contributed by atoms with Crippen molar-refractivity contribution in [3.8, 4) is 5.75 Å². The van der Waals surface area contributed by atoms with E-state index >= 15 is 0 Å². The number of ether oxygens (including phenoxy) is 1. The van der Waals surface area contributed by atoms with Crippen LogP contribution in [0.5, 0.6) is 5.75 Å². The molecule has 1 aliphatic rings. The molecule has 1 N–H and O–H groups in total. The topological polar surface area (TPSA) is 80.5 Å². The number of nitrogens with one attached hydrogen (secondary N) is 1. The van der Waals surface area contributed by atoms with Gasteiger partial charge in [-0.15, -0.1) is 0 Å². The number of rotatable bonds is 6. The molecule has 3 aromatic rings. The van der Waals surface area contributed by atoms with E-state index in [2.05, 4.69) is 15.5 Å². The zero-order valence-electron chi connectivity index (χ0n) is 16.4. The third kappa shape index (κ3) is 4.74. The molecule has 0 saturated carbocycles. The second kappa shape index (κ2) is 8.77. The number of urea groups is 1. The molecule has 7 nitrogen and oxygen atoms in total.